The van der Waals surface area contributed by atoms with Crippen LogP contribution in [0, 0.1) is 16.7 Å². The summed E-state index contributed by atoms with van der Waals surface area (Å²) in [5.74, 6) is 0. The van der Waals surface area contributed by atoms with Crippen molar-refractivity contribution in [1.82, 2.24) is 0 Å². The predicted octanol–water partition coefficient (Wildman–Crippen LogP) is 3.44. The molecule has 0 aromatic carbocycles. The first-order valence-electron chi connectivity index (χ1n) is 4.56. The smallest absolute Gasteiger partial charge is 0.361 e. The zero-order valence-electron chi connectivity index (χ0n) is 9.11. The number of halogens is 6. The normalized spacial score (nSPS) is 13.9. The Balaban J connectivity index is 4.47. The molecule has 0 aromatic heterocycles. The maximum atomic E-state index is 12.0. The Labute approximate surface area is 94.2 Å². The molecule has 0 saturated heterocycles. The van der Waals surface area contributed by atoms with Crippen LogP contribution in [0.3, 0.4) is 0 Å². The topological polar surface area (TPSA) is 33.0 Å². The number of hydrogen-bond donors (Lipinski definition) is 0. The molecule has 0 heterocycles. The number of nitriles is 1. The van der Waals surface area contributed by atoms with Gasteiger partial charge in [-0.15, -0.1) is 0 Å². The summed E-state index contributed by atoms with van der Waals surface area (Å²) in [5, 5.41) is 8.53. The molecule has 0 unspecified atom stereocenters. The van der Waals surface area contributed by atoms with Gasteiger partial charge in [-0.3, -0.25) is 0 Å². The summed E-state index contributed by atoms with van der Waals surface area (Å²) in [7, 11) is 0. The molecule has 0 bridgehead atoms. The molecule has 0 radical (unpaired) electrons. The van der Waals surface area contributed by atoms with Crippen molar-refractivity contribution in [2.24, 2.45) is 5.41 Å². The van der Waals surface area contributed by atoms with Crippen LogP contribution in [0.5, 0.6) is 0 Å². The van der Waals surface area contributed by atoms with E-state index < -0.39 is 30.5 Å². The first-order chi connectivity index (χ1) is 7.40. The summed E-state index contributed by atoms with van der Waals surface area (Å²) >= 11 is 0. The van der Waals surface area contributed by atoms with E-state index in [1.165, 1.54) is 13.8 Å². The second-order valence-corrected chi connectivity index (χ2v) is 4.08. The Hall–Kier alpha value is -0.970. The van der Waals surface area contributed by atoms with E-state index in [0.717, 1.165) is 0 Å². The monoisotopic (exact) mass is 263 g/mol. The third kappa shape index (κ3) is 5.77. The van der Waals surface area contributed by atoms with E-state index in [9.17, 15) is 26.3 Å². The first-order valence-corrected chi connectivity index (χ1v) is 4.56. The van der Waals surface area contributed by atoms with Gasteiger partial charge in [-0.1, -0.05) is 0 Å². The number of rotatable bonds is 4. The Morgan fingerprint density at radius 3 is 1.76 bits per heavy atom. The predicted molar refractivity (Wildman–Crippen MR) is 45.9 cm³/mol. The van der Waals surface area contributed by atoms with Crippen LogP contribution in [0.4, 0.5) is 26.3 Å². The van der Waals surface area contributed by atoms with Gasteiger partial charge >= 0.3 is 12.4 Å². The van der Waals surface area contributed by atoms with Crippen molar-refractivity contribution in [3.63, 3.8) is 0 Å². The van der Waals surface area contributed by atoms with Crippen molar-refractivity contribution in [2.75, 3.05) is 6.61 Å². The van der Waals surface area contributed by atoms with Crippen molar-refractivity contribution in [1.29, 1.82) is 5.26 Å². The lowest BCUT2D eigenvalue weighted by molar-refractivity contribution is -0.322. The molecule has 100 valence electrons. The maximum absolute atomic E-state index is 12.0. The summed E-state index contributed by atoms with van der Waals surface area (Å²) in [6, 6.07) is 1.75. The zero-order valence-corrected chi connectivity index (χ0v) is 9.11. The van der Waals surface area contributed by atoms with Crippen molar-refractivity contribution >= 4 is 0 Å². The van der Waals surface area contributed by atoms with Crippen LogP contribution in [0.1, 0.15) is 20.3 Å². The largest absolute Gasteiger partial charge is 0.423 e. The molecule has 17 heavy (non-hydrogen) atoms. The summed E-state index contributed by atoms with van der Waals surface area (Å²) in [5.41, 5.74) is -1.03. The van der Waals surface area contributed by atoms with Gasteiger partial charge in [0.15, 0.2) is 0 Å². The summed E-state index contributed by atoms with van der Waals surface area (Å²) in [6.07, 6.45) is -15.0. The standard InChI is InChI=1S/C9H11F6NO/c1-7(2,5-16)3-4-17-6(8(10,11)12)9(13,14)15/h6H,3-4H2,1-2H3. The second kappa shape index (κ2) is 5.12. The van der Waals surface area contributed by atoms with Gasteiger partial charge < -0.3 is 4.74 Å². The zero-order chi connectivity index (χ0) is 13.9. The molecular formula is C9H11F6NO. The second-order valence-electron chi connectivity index (χ2n) is 4.08. The van der Waals surface area contributed by atoms with Gasteiger partial charge in [0.25, 0.3) is 0 Å². The molecule has 0 atom stereocenters. The van der Waals surface area contributed by atoms with E-state index in [2.05, 4.69) is 4.74 Å². The molecule has 0 aliphatic carbocycles. The van der Waals surface area contributed by atoms with Gasteiger partial charge in [0, 0.05) is 6.61 Å². The Morgan fingerprint density at radius 1 is 1.06 bits per heavy atom. The van der Waals surface area contributed by atoms with Crippen LogP contribution in [0.25, 0.3) is 0 Å². The SMILES string of the molecule is CC(C)(C#N)CCOC(C(F)(F)F)C(F)(F)F. The lowest BCUT2D eigenvalue weighted by atomic mass is 9.92. The average Bonchev–Trinajstić information content (AvgIpc) is 2.08. The van der Waals surface area contributed by atoms with E-state index in [1.54, 1.807) is 6.07 Å². The van der Waals surface area contributed by atoms with Crippen LogP contribution < -0.4 is 0 Å². The third-order valence-electron chi connectivity index (χ3n) is 1.91. The molecular weight excluding hydrogens is 252 g/mol. The molecule has 0 aliphatic heterocycles. The fourth-order valence-electron chi connectivity index (χ4n) is 0.862. The Bertz CT molecular complexity index is 273. The van der Waals surface area contributed by atoms with Crippen LogP contribution in [-0.4, -0.2) is 25.1 Å². The van der Waals surface area contributed by atoms with E-state index >= 15 is 0 Å². The van der Waals surface area contributed by atoms with Crippen LogP contribution in [-0.2, 0) is 4.74 Å². The van der Waals surface area contributed by atoms with Crippen LogP contribution >= 0.6 is 0 Å². The van der Waals surface area contributed by atoms with Gasteiger partial charge in [-0.2, -0.15) is 31.6 Å². The highest BCUT2D eigenvalue weighted by molar-refractivity contribution is 4.91. The molecule has 0 fully saturated rings. The quantitative estimate of drug-likeness (QED) is 0.728. The van der Waals surface area contributed by atoms with Gasteiger partial charge in [-0.25, -0.2) is 0 Å². The van der Waals surface area contributed by atoms with Crippen LogP contribution in [0.15, 0.2) is 0 Å². The molecule has 0 aliphatic rings. The average molecular weight is 263 g/mol. The molecule has 0 amide bonds. The molecule has 0 N–H and O–H groups in total. The van der Waals surface area contributed by atoms with Crippen molar-refractivity contribution in [3.05, 3.63) is 0 Å². The highest BCUT2D eigenvalue weighted by Crippen LogP contribution is 2.36. The Kier molecular flexibility index (Phi) is 4.83. The number of alkyl halides is 6. The van der Waals surface area contributed by atoms with Gasteiger partial charge in [0.2, 0.25) is 6.10 Å². The number of hydrogen-bond acceptors (Lipinski definition) is 2. The molecule has 8 heteroatoms. The molecule has 0 saturated carbocycles. The molecule has 0 aromatic rings. The fourth-order valence-corrected chi connectivity index (χ4v) is 0.862. The van der Waals surface area contributed by atoms with Gasteiger partial charge in [0.05, 0.1) is 11.5 Å². The summed E-state index contributed by atoms with van der Waals surface area (Å²) in [6.45, 7) is 2.00. The van der Waals surface area contributed by atoms with Crippen molar-refractivity contribution in [3.8, 4) is 6.07 Å². The summed E-state index contributed by atoms with van der Waals surface area (Å²) < 4.78 is 75.9. The first kappa shape index (κ1) is 16.0. The number of nitrogens with zero attached hydrogens (tertiary/aromatic N) is 1. The summed E-state index contributed by atoms with van der Waals surface area (Å²) in [4.78, 5) is 0. The fraction of sp³-hybridized carbons (Fsp3) is 0.889. The lowest BCUT2D eigenvalue weighted by Crippen LogP contribution is -2.44. The van der Waals surface area contributed by atoms with Gasteiger partial charge in [-0.05, 0) is 20.3 Å². The minimum Gasteiger partial charge on any atom is -0.361 e. The van der Waals surface area contributed by atoms with E-state index in [4.69, 9.17) is 5.26 Å². The van der Waals surface area contributed by atoms with E-state index in [0.29, 0.717) is 0 Å². The maximum Gasteiger partial charge on any atom is 0.423 e. The highest BCUT2D eigenvalue weighted by atomic mass is 19.4. The van der Waals surface area contributed by atoms with Crippen LogP contribution in [0.2, 0.25) is 0 Å². The molecule has 0 rings (SSSR count). The molecule has 2 nitrogen and oxygen atoms in total. The van der Waals surface area contributed by atoms with Gasteiger partial charge in [0.1, 0.15) is 0 Å². The van der Waals surface area contributed by atoms with Crippen molar-refractivity contribution in [2.45, 2.75) is 38.7 Å². The third-order valence-corrected chi connectivity index (χ3v) is 1.91. The Morgan fingerprint density at radius 2 is 1.47 bits per heavy atom. The number of ether oxygens (including phenoxy) is 1. The van der Waals surface area contributed by atoms with E-state index in [-0.39, 0.29) is 6.42 Å². The molecule has 0 spiro atoms. The minimum absolute atomic E-state index is 0.216. The minimum atomic E-state index is -5.50. The lowest BCUT2D eigenvalue weighted by Gasteiger charge is -2.24. The van der Waals surface area contributed by atoms with E-state index in [1.807, 2.05) is 0 Å². The highest BCUT2D eigenvalue weighted by Gasteiger charge is 2.57. The van der Waals surface area contributed by atoms with Crippen molar-refractivity contribution < 1.29 is 31.1 Å².